The molecular weight excluding hydrogens is 248 g/mol. The van der Waals surface area contributed by atoms with Gasteiger partial charge in [0, 0.05) is 5.41 Å². The van der Waals surface area contributed by atoms with E-state index in [4.69, 9.17) is 4.74 Å². The number of hydrogen-bond donors (Lipinski definition) is 1. The van der Waals surface area contributed by atoms with Crippen molar-refractivity contribution in [1.29, 1.82) is 0 Å². The third-order valence-electron chi connectivity index (χ3n) is 7.02. The lowest BCUT2D eigenvalue weighted by Crippen LogP contribution is -2.51. The number of allylic oxidation sites excluding steroid dienone is 1. The highest BCUT2D eigenvalue weighted by atomic mass is 16.6. The number of aliphatic hydroxyl groups is 1. The molecule has 4 aliphatic rings. The first-order valence-electron chi connectivity index (χ1n) is 8.73. The SMILES string of the molecule is C=C1CCCC[C@@H]1[C@@]12CCC[C@]3(CCCCC31)OC2O. The molecule has 2 heteroatoms. The van der Waals surface area contributed by atoms with Crippen LogP contribution in [0.4, 0.5) is 0 Å². The molecule has 1 heterocycles. The quantitative estimate of drug-likeness (QED) is 0.728. The molecule has 0 spiro atoms. The molecule has 112 valence electrons. The summed E-state index contributed by atoms with van der Waals surface area (Å²) in [5.74, 6) is 1.10. The van der Waals surface area contributed by atoms with Crippen molar-refractivity contribution in [2.45, 2.75) is 82.5 Å². The Morgan fingerprint density at radius 1 is 1.00 bits per heavy atom. The van der Waals surface area contributed by atoms with Crippen molar-refractivity contribution in [2.75, 3.05) is 0 Å². The van der Waals surface area contributed by atoms with Gasteiger partial charge < -0.3 is 9.84 Å². The fourth-order valence-corrected chi connectivity index (χ4v) is 6.28. The second-order valence-electron chi connectivity index (χ2n) is 7.76. The molecule has 3 aliphatic carbocycles. The van der Waals surface area contributed by atoms with E-state index >= 15 is 0 Å². The number of aliphatic hydroxyl groups excluding tert-OH is 1. The van der Waals surface area contributed by atoms with Crippen LogP contribution in [-0.4, -0.2) is 17.0 Å². The second-order valence-corrected chi connectivity index (χ2v) is 7.76. The molecule has 4 fully saturated rings. The molecule has 20 heavy (non-hydrogen) atoms. The number of ether oxygens (including phenoxy) is 1. The summed E-state index contributed by atoms with van der Waals surface area (Å²) < 4.78 is 6.30. The van der Waals surface area contributed by atoms with Gasteiger partial charge >= 0.3 is 0 Å². The zero-order chi connectivity index (χ0) is 13.8. The molecular formula is C18H28O2. The lowest BCUT2D eigenvalue weighted by molar-refractivity contribution is -0.168. The topological polar surface area (TPSA) is 29.5 Å². The highest BCUT2D eigenvalue weighted by Gasteiger charge is 2.67. The van der Waals surface area contributed by atoms with Crippen molar-refractivity contribution in [3.8, 4) is 0 Å². The zero-order valence-electron chi connectivity index (χ0n) is 12.6. The Bertz CT molecular complexity index is 414. The molecule has 0 aromatic carbocycles. The van der Waals surface area contributed by atoms with E-state index < -0.39 is 6.29 Å². The smallest absolute Gasteiger partial charge is 0.161 e. The van der Waals surface area contributed by atoms with Crippen molar-refractivity contribution in [1.82, 2.24) is 0 Å². The van der Waals surface area contributed by atoms with Gasteiger partial charge in [0.15, 0.2) is 6.29 Å². The van der Waals surface area contributed by atoms with E-state index in [9.17, 15) is 5.11 Å². The highest BCUT2D eigenvalue weighted by molar-refractivity contribution is 5.20. The van der Waals surface area contributed by atoms with E-state index in [0.29, 0.717) is 11.8 Å². The predicted octanol–water partition coefficient (Wildman–Crippen LogP) is 4.18. The Morgan fingerprint density at radius 2 is 1.80 bits per heavy atom. The molecule has 0 aromatic rings. The van der Waals surface area contributed by atoms with Gasteiger partial charge in [-0.1, -0.05) is 31.4 Å². The minimum atomic E-state index is -0.534. The molecule has 1 N–H and O–H groups in total. The molecule has 2 nitrogen and oxygen atoms in total. The first kappa shape index (κ1) is 13.3. The van der Waals surface area contributed by atoms with Crippen LogP contribution in [0.2, 0.25) is 0 Å². The Morgan fingerprint density at radius 3 is 2.65 bits per heavy atom. The van der Waals surface area contributed by atoms with Crippen molar-refractivity contribution >= 4 is 0 Å². The molecule has 1 saturated heterocycles. The van der Waals surface area contributed by atoms with Gasteiger partial charge in [0.05, 0.1) is 5.60 Å². The Kier molecular flexibility index (Phi) is 3.05. The predicted molar refractivity (Wildman–Crippen MR) is 79.2 cm³/mol. The van der Waals surface area contributed by atoms with Crippen molar-refractivity contribution in [3.63, 3.8) is 0 Å². The van der Waals surface area contributed by atoms with Gasteiger partial charge in [-0.2, -0.15) is 0 Å². The minimum Gasteiger partial charge on any atom is -0.367 e. The van der Waals surface area contributed by atoms with Gasteiger partial charge in [0.2, 0.25) is 0 Å². The summed E-state index contributed by atoms with van der Waals surface area (Å²) in [6, 6.07) is 0. The number of hydrogen-bond acceptors (Lipinski definition) is 2. The monoisotopic (exact) mass is 276 g/mol. The standard InChI is InChI=1S/C18H28O2/c1-13-7-2-3-8-14(13)18-12-6-11-17(20-16(18)19)10-5-4-9-15(17)18/h14-16,19H,1-12H2/t14-,15?,16?,17-,18-/m0/s1. The van der Waals surface area contributed by atoms with Crippen LogP contribution in [0, 0.1) is 17.3 Å². The van der Waals surface area contributed by atoms with Crippen LogP contribution in [0.3, 0.4) is 0 Å². The molecule has 2 unspecified atom stereocenters. The summed E-state index contributed by atoms with van der Waals surface area (Å²) in [6.07, 6.45) is 13.1. The van der Waals surface area contributed by atoms with E-state index in [1.807, 2.05) is 0 Å². The Hall–Kier alpha value is -0.340. The van der Waals surface area contributed by atoms with Crippen LogP contribution in [0.5, 0.6) is 0 Å². The lowest BCUT2D eigenvalue weighted by atomic mass is 9.50. The highest BCUT2D eigenvalue weighted by Crippen LogP contribution is 2.67. The molecule has 2 bridgehead atoms. The summed E-state index contributed by atoms with van der Waals surface area (Å²) in [7, 11) is 0. The number of rotatable bonds is 1. The Balaban J connectivity index is 1.75. The van der Waals surface area contributed by atoms with Crippen LogP contribution in [0.25, 0.3) is 0 Å². The minimum absolute atomic E-state index is 0.0101. The maximum Gasteiger partial charge on any atom is 0.161 e. The third-order valence-corrected chi connectivity index (χ3v) is 7.02. The summed E-state index contributed by atoms with van der Waals surface area (Å²) in [4.78, 5) is 0. The van der Waals surface area contributed by atoms with E-state index in [1.54, 1.807) is 0 Å². The molecule has 0 aromatic heterocycles. The van der Waals surface area contributed by atoms with E-state index in [2.05, 4.69) is 6.58 Å². The lowest BCUT2D eigenvalue weighted by Gasteiger charge is -2.52. The fraction of sp³-hybridized carbons (Fsp3) is 0.889. The van der Waals surface area contributed by atoms with Crippen LogP contribution in [0.1, 0.15) is 70.6 Å². The van der Waals surface area contributed by atoms with Crippen molar-refractivity contribution in [2.24, 2.45) is 17.3 Å². The van der Waals surface area contributed by atoms with Gasteiger partial charge in [0.25, 0.3) is 0 Å². The summed E-state index contributed by atoms with van der Waals surface area (Å²) in [6.45, 7) is 4.39. The van der Waals surface area contributed by atoms with Crippen LogP contribution in [-0.2, 0) is 4.74 Å². The Labute approximate surface area is 122 Å². The maximum absolute atomic E-state index is 10.9. The first-order valence-corrected chi connectivity index (χ1v) is 8.73. The molecule has 4 rings (SSSR count). The third kappa shape index (κ3) is 1.58. The van der Waals surface area contributed by atoms with Gasteiger partial charge in [0.1, 0.15) is 0 Å². The van der Waals surface area contributed by atoms with Gasteiger partial charge in [-0.3, -0.25) is 0 Å². The fourth-order valence-electron chi connectivity index (χ4n) is 6.28. The van der Waals surface area contributed by atoms with Crippen LogP contribution < -0.4 is 0 Å². The first-order chi connectivity index (χ1) is 9.69. The van der Waals surface area contributed by atoms with Gasteiger partial charge in [-0.15, -0.1) is 0 Å². The second kappa shape index (κ2) is 4.58. The summed E-state index contributed by atoms with van der Waals surface area (Å²) >= 11 is 0. The summed E-state index contributed by atoms with van der Waals surface area (Å²) in [5, 5.41) is 10.9. The van der Waals surface area contributed by atoms with Gasteiger partial charge in [-0.05, 0) is 63.2 Å². The molecule has 0 radical (unpaired) electrons. The van der Waals surface area contributed by atoms with E-state index in [1.165, 1.54) is 69.8 Å². The molecule has 1 aliphatic heterocycles. The van der Waals surface area contributed by atoms with Crippen molar-refractivity contribution in [3.05, 3.63) is 12.2 Å². The average molecular weight is 276 g/mol. The molecule has 0 amide bonds. The van der Waals surface area contributed by atoms with Gasteiger partial charge in [-0.25, -0.2) is 0 Å². The van der Waals surface area contributed by atoms with Crippen LogP contribution >= 0.6 is 0 Å². The average Bonchev–Trinajstić information content (AvgIpc) is 2.61. The van der Waals surface area contributed by atoms with Crippen LogP contribution in [0.15, 0.2) is 12.2 Å². The molecule has 3 saturated carbocycles. The summed E-state index contributed by atoms with van der Waals surface area (Å²) in [5.41, 5.74) is 1.44. The maximum atomic E-state index is 10.9. The zero-order valence-corrected chi connectivity index (χ0v) is 12.6. The van der Waals surface area contributed by atoms with E-state index in [-0.39, 0.29) is 11.0 Å². The van der Waals surface area contributed by atoms with Crippen molar-refractivity contribution < 1.29 is 9.84 Å². The van der Waals surface area contributed by atoms with E-state index in [0.717, 1.165) is 6.42 Å². The largest absolute Gasteiger partial charge is 0.367 e. The molecule has 5 atom stereocenters. The normalized spacial score (nSPS) is 51.9.